The average Bonchev–Trinajstić information content (AvgIpc) is 2.52. The summed E-state index contributed by atoms with van der Waals surface area (Å²) in [6.07, 6.45) is 0.126. The molecule has 2 aromatic rings. The van der Waals surface area contributed by atoms with Gasteiger partial charge in [-0.15, -0.1) is 0 Å². The van der Waals surface area contributed by atoms with Crippen molar-refractivity contribution in [2.24, 2.45) is 5.10 Å². The fourth-order valence-electron chi connectivity index (χ4n) is 1.68. The molecule has 0 aliphatic heterocycles. The van der Waals surface area contributed by atoms with Gasteiger partial charge in [0, 0.05) is 0 Å². The van der Waals surface area contributed by atoms with Crippen LogP contribution in [0, 0.1) is 0 Å². The van der Waals surface area contributed by atoms with Crippen molar-refractivity contribution < 1.29 is 15.0 Å². The van der Waals surface area contributed by atoms with Crippen LogP contribution in [0.25, 0.3) is 0 Å². The summed E-state index contributed by atoms with van der Waals surface area (Å²) in [5.74, 6) is -0.542. The molecule has 0 saturated heterocycles. The SMILES string of the molecule is O=C(NN=Cc1cc(Br)c(O)c(Br)c1)C(O)c1ccccc1. The molecule has 0 heterocycles. The number of nitrogens with zero attached hydrogens (tertiary/aromatic N) is 1. The van der Waals surface area contributed by atoms with E-state index in [0.717, 1.165) is 0 Å². The van der Waals surface area contributed by atoms with Crippen LogP contribution in [0.1, 0.15) is 17.2 Å². The molecule has 1 unspecified atom stereocenters. The zero-order chi connectivity index (χ0) is 16.1. The summed E-state index contributed by atoms with van der Waals surface area (Å²) in [6, 6.07) is 11.9. The maximum absolute atomic E-state index is 11.8. The third-order valence-corrected chi connectivity index (χ3v) is 4.00. The molecule has 0 spiro atoms. The number of nitrogens with one attached hydrogen (secondary N) is 1. The Morgan fingerprint density at radius 3 is 2.36 bits per heavy atom. The number of amides is 1. The quantitative estimate of drug-likeness (QED) is 0.518. The topological polar surface area (TPSA) is 81.9 Å². The second kappa shape index (κ2) is 7.53. The predicted molar refractivity (Wildman–Crippen MR) is 90.6 cm³/mol. The van der Waals surface area contributed by atoms with E-state index in [0.29, 0.717) is 20.1 Å². The lowest BCUT2D eigenvalue weighted by Crippen LogP contribution is -2.25. The number of halogens is 2. The number of phenols is 1. The van der Waals surface area contributed by atoms with Gasteiger partial charge >= 0.3 is 0 Å². The zero-order valence-corrected chi connectivity index (χ0v) is 14.4. The first-order chi connectivity index (χ1) is 10.5. The van der Waals surface area contributed by atoms with Gasteiger partial charge in [0.2, 0.25) is 0 Å². The summed E-state index contributed by atoms with van der Waals surface area (Å²) in [5.41, 5.74) is 3.42. The highest BCUT2D eigenvalue weighted by Crippen LogP contribution is 2.32. The summed E-state index contributed by atoms with van der Waals surface area (Å²) >= 11 is 6.41. The first-order valence-electron chi connectivity index (χ1n) is 6.23. The minimum absolute atomic E-state index is 0.0840. The van der Waals surface area contributed by atoms with Crippen LogP contribution in [-0.2, 0) is 4.79 Å². The first kappa shape index (κ1) is 16.7. The van der Waals surface area contributed by atoms with Gasteiger partial charge in [0.25, 0.3) is 5.91 Å². The van der Waals surface area contributed by atoms with E-state index in [1.54, 1.807) is 42.5 Å². The Morgan fingerprint density at radius 1 is 1.18 bits per heavy atom. The normalized spacial score (nSPS) is 12.3. The Bertz CT molecular complexity index is 682. The van der Waals surface area contributed by atoms with E-state index in [1.165, 1.54) is 6.21 Å². The molecule has 7 heteroatoms. The number of aliphatic hydroxyl groups is 1. The summed E-state index contributed by atoms with van der Waals surface area (Å²) in [7, 11) is 0. The van der Waals surface area contributed by atoms with Gasteiger partial charge in [0.05, 0.1) is 15.2 Å². The van der Waals surface area contributed by atoms with Gasteiger partial charge in [-0.1, -0.05) is 30.3 Å². The molecular weight excluding hydrogens is 416 g/mol. The summed E-state index contributed by atoms with van der Waals surface area (Å²) in [4.78, 5) is 11.8. The summed E-state index contributed by atoms with van der Waals surface area (Å²) in [6.45, 7) is 0. The number of hydrogen-bond donors (Lipinski definition) is 3. The molecule has 0 bridgehead atoms. The van der Waals surface area contributed by atoms with E-state index in [1.807, 2.05) is 0 Å². The number of hydrazone groups is 1. The van der Waals surface area contributed by atoms with E-state index in [-0.39, 0.29) is 5.75 Å². The highest BCUT2D eigenvalue weighted by Gasteiger charge is 2.15. The van der Waals surface area contributed by atoms with E-state index in [9.17, 15) is 15.0 Å². The minimum atomic E-state index is -1.28. The van der Waals surface area contributed by atoms with Crippen molar-refractivity contribution in [3.8, 4) is 5.75 Å². The van der Waals surface area contributed by atoms with Crippen LogP contribution in [0.5, 0.6) is 5.75 Å². The molecular formula is C15H12Br2N2O3. The van der Waals surface area contributed by atoms with E-state index in [4.69, 9.17) is 0 Å². The summed E-state index contributed by atoms with van der Waals surface area (Å²) < 4.78 is 0.998. The molecule has 2 rings (SSSR count). The van der Waals surface area contributed by atoms with E-state index < -0.39 is 12.0 Å². The van der Waals surface area contributed by atoms with Crippen LogP contribution in [-0.4, -0.2) is 22.3 Å². The lowest BCUT2D eigenvalue weighted by Gasteiger charge is -2.08. The van der Waals surface area contributed by atoms with Gasteiger partial charge in [0.1, 0.15) is 5.75 Å². The minimum Gasteiger partial charge on any atom is -0.506 e. The smallest absolute Gasteiger partial charge is 0.273 e. The number of carbonyl (C=O) groups is 1. The number of rotatable bonds is 4. The maximum Gasteiger partial charge on any atom is 0.273 e. The number of aromatic hydroxyl groups is 1. The lowest BCUT2D eigenvalue weighted by molar-refractivity contribution is -0.129. The van der Waals surface area contributed by atoms with Crippen molar-refractivity contribution in [3.63, 3.8) is 0 Å². The molecule has 0 aromatic heterocycles. The molecule has 0 fully saturated rings. The van der Waals surface area contributed by atoms with Gasteiger partial charge in [0.15, 0.2) is 6.10 Å². The number of benzene rings is 2. The molecule has 1 amide bonds. The molecule has 0 saturated carbocycles. The molecule has 22 heavy (non-hydrogen) atoms. The van der Waals surface area contributed by atoms with Gasteiger partial charge in [-0.2, -0.15) is 5.10 Å². The highest BCUT2D eigenvalue weighted by molar-refractivity contribution is 9.11. The second-order valence-electron chi connectivity index (χ2n) is 4.38. The molecule has 5 nitrogen and oxygen atoms in total. The van der Waals surface area contributed by atoms with Gasteiger partial charge in [-0.25, -0.2) is 5.43 Å². The second-order valence-corrected chi connectivity index (χ2v) is 6.09. The van der Waals surface area contributed by atoms with Crippen LogP contribution in [0.3, 0.4) is 0 Å². The maximum atomic E-state index is 11.8. The van der Waals surface area contributed by atoms with Crippen LogP contribution in [0.2, 0.25) is 0 Å². The van der Waals surface area contributed by atoms with Crippen molar-refractivity contribution in [1.82, 2.24) is 5.43 Å². The van der Waals surface area contributed by atoms with Crippen LogP contribution in [0.4, 0.5) is 0 Å². The summed E-state index contributed by atoms with van der Waals surface area (Å²) in [5, 5.41) is 23.3. The monoisotopic (exact) mass is 426 g/mol. The molecule has 1 atom stereocenters. The third-order valence-electron chi connectivity index (χ3n) is 2.79. The first-order valence-corrected chi connectivity index (χ1v) is 7.81. The molecule has 3 N–H and O–H groups in total. The van der Waals surface area contributed by atoms with Crippen molar-refractivity contribution in [2.45, 2.75) is 6.10 Å². The van der Waals surface area contributed by atoms with Crippen molar-refractivity contribution in [3.05, 3.63) is 62.5 Å². The highest BCUT2D eigenvalue weighted by atomic mass is 79.9. The van der Waals surface area contributed by atoms with Crippen molar-refractivity contribution in [2.75, 3.05) is 0 Å². The number of hydrogen-bond acceptors (Lipinski definition) is 4. The molecule has 0 aliphatic rings. The molecule has 0 aliphatic carbocycles. The van der Waals surface area contributed by atoms with E-state index >= 15 is 0 Å². The van der Waals surface area contributed by atoms with E-state index in [2.05, 4.69) is 42.4 Å². The number of aliphatic hydroxyl groups excluding tert-OH is 1. The third kappa shape index (κ3) is 4.16. The lowest BCUT2D eigenvalue weighted by atomic mass is 10.1. The Morgan fingerprint density at radius 2 is 1.77 bits per heavy atom. The van der Waals surface area contributed by atoms with Gasteiger partial charge < -0.3 is 10.2 Å². The van der Waals surface area contributed by atoms with Gasteiger partial charge in [-0.05, 0) is 55.1 Å². The predicted octanol–water partition coefficient (Wildman–Crippen LogP) is 3.10. The average molecular weight is 428 g/mol. The Kier molecular flexibility index (Phi) is 5.70. The van der Waals surface area contributed by atoms with Gasteiger partial charge in [-0.3, -0.25) is 4.79 Å². The standard InChI is InChI=1S/C15H12Br2N2O3/c16-11-6-9(7-12(17)14(11)21)8-18-19-15(22)13(20)10-4-2-1-3-5-10/h1-8,13,20-21H,(H,19,22). The fourth-order valence-corrected chi connectivity index (χ4v) is 2.90. The Balaban J connectivity index is 2.02. The Hall–Kier alpha value is -1.70. The van der Waals surface area contributed by atoms with Crippen molar-refractivity contribution >= 4 is 44.0 Å². The Labute approximate surface area is 143 Å². The molecule has 114 valence electrons. The zero-order valence-electron chi connectivity index (χ0n) is 11.2. The van der Waals surface area contributed by atoms with Crippen LogP contribution < -0.4 is 5.43 Å². The fraction of sp³-hybridized carbons (Fsp3) is 0.0667. The largest absolute Gasteiger partial charge is 0.506 e. The van der Waals surface area contributed by atoms with Crippen molar-refractivity contribution in [1.29, 1.82) is 0 Å². The number of carbonyl (C=O) groups excluding carboxylic acids is 1. The number of phenolic OH excluding ortho intramolecular Hbond substituents is 1. The molecule has 0 radical (unpaired) electrons. The molecule has 2 aromatic carbocycles. The van der Waals surface area contributed by atoms with Crippen LogP contribution >= 0.6 is 31.9 Å². The van der Waals surface area contributed by atoms with Crippen LogP contribution in [0.15, 0.2) is 56.5 Å².